The number of likely N-dealkylation sites (N-methyl/N-ethyl adjacent to an activating group) is 1. The Morgan fingerprint density at radius 3 is 2.60 bits per heavy atom. The van der Waals surface area contributed by atoms with Crippen molar-refractivity contribution in [2.45, 2.75) is 45.2 Å². The lowest BCUT2D eigenvalue weighted by molar-refractivity contribution is -0.0143. The van der Waals surface area contributed by atoms with Crippen molar-refractivity contribution in [3.63, 3.8) is 0 Å². The summed E-state index contributed by atoms with van der Waals surface area (Å²) in [5, 5.41) is 9.08. The summed E-state index contributed by atoms with van der Waals surface area (Å²) in [6, 6.07) is 0.505. The summed E-state index contributed by atoms with van der Waals surface area (Å²) < 4.78 is 0. The molecule has 1 heterocycles. The predicted molar refractivity (Wildman–Crippen MR) is 64.1 cm³/mol. The van der Waals surface area contributed by atoms with Crippen LogP contribution < -0.4 is 0 Å². The van der Waals surface area contributed by atoms with Gasteiger partial charge in [0.1, 0.15) is 0 Å². The van der Waals surface area contributed by atoms with Crippen molar-refractivity contribution in [1.29, 1.82) is 0 Å². The first-order valence-corrected chi connectivity index (χ1v) is 6.07. The maximum atomic E-state index is 9.08. The molecule has 1 rings (SSSR count). The smallest absolute Gasteiger partial charge is 0.0446 e. The van der Waals surface area contributed by atoms with Crippen molar-refractivity contribution in [3.8, 4) is 0 Å². The maximum Gasteiger partial charge on any atom is 0.0446 e. The minimum absolute atomic E-state index is 0.229. The molecule has 0 aromatic rings. The van der Waals surface area contributed by atoms with Gasteiger partial charge in [-0.05, 0) is 40.3 Å². The van der Waals surface area contributed by atoms with Crippen LogP contribution in [0.15, 0.2) is 0 Å². The Kier molecular flexibility index (Phi) is 4.56. The molecule has 1 saturated heterocycles. The first-order valence-electron chi connectivity index (χ1n) is 6.07. The number of piperazine rings is 1. The van der Waals surface area contributed by atoms with Crippen molar-refractivity contribution in [2.75, 3.05) is 33.3 Å². The third-order valence-electron chi connectivity index (χ3n) is 3.58. The Bertz CT molecular complexity index is 194. The molecule has 0 saturated carbocycles. The van der Waals surface area contributed by atoms with Crippen LogP contribution in [-0.2, 0) is 0 Å². The van der Waals surface area contributed by atoms with Gasteiger partial charge in [-0.2, -0.15) is 0 Å². The van der Waals surface area contributed by atoms with Crippen LogP contribution in [0.4, 0.5) is 0 Å². The van der Waals surface area contributed by atoms with Gasteiger partial charge in [0.15, 0.2) is 0 Å². The fourth-order valence-electron chi connectivity index (χ4n) is 2.56. The largest absolute Gasteiger partial charge is 0.396 e. The first-order chi connectivity index (χ1) is 7.01. The molecule has 0 aromatic carbocycles. The Balaban J connectivity index is 2.63. The fraction of sp³-hybridized carbons (Fsp3) is 1.00. The molecule has 90 valence electrons. The number of hydrogen-bond donors (Lipinski definition) is 1. The number of aliphatic hydroxyl groups is 1. The van der Waals surface area contributed by atoms with Gasteiger partial charge in [0.05, 0.1) is 0 Å². The van der Waals surface area contributed by atoms with Gasteiger partial charge in [0.2, 0.25) is 0 Å². The highest BCUT2D eigenvalue weighted by atomic mass is 16.3. The molecular formula is C12H26N2O. The van der Waals surface area contributed by atoms with E-state index in [4.69, 9.17) is 5.11 Å². The summed E-state index contributed by atoms with van der Waals surface area (Å²) in [6.45, 7) is 10.5. The Morgan fingerprint density at radius 1 is 1.40 bits per heavy atom. The van der Waals surface area contributed by atoms with Crippen LogP contribution in [0.5, 0.6) is 0 Å². The van der Waals surface area contributed by atoms with Gasteiger partial charge in [-0.1, -0.05) is 6.92 Å². The summed E-state index contributed by atoms with van der Waals surface area (Å²) in [7, 11) is 2.18. The van der Waals surface area contributed by atoms with Crippen LogP contribution in [0.1, 0.15) is 33.6 Å². The van der Waals surface area contributed by atoms with Crippen LogP contribution in [0.25, 0.3) is 0 Å². The molecule has 3 nitrogen and oxygen atoms in total. The molecule has 15 heavy (non-hydrogen) atoms. The SMILES string of the molecule is CCCN1CC(CCO)N(C)C(C)(C)C1. The van der Waals surface area contributed by atoms with E-state index >= 15 is 0 Å². The quantitative estimate of drug-likeness (QED) is 0.761. The molecular weight excluding hydrogens is 188 g/mol. The van der Waals surface area contributed by atoms with Crippen LogP contribution in [-0.4, -0.2) is 59.8 Å². The third-order valence-corrected chi connectivity index (χ3v) is 3.58. The first kappa shape index (κ1) is 12.9. The zero-order valence-electron chi connectivity index (χ0n) is 10.7. The molecule has 1 N–H and O–H groups in total. The van der Waals surface area contributed by atoms with E-state index < -0.39 is 0 Å². The maximum absolute atomic E-state index is 9.08. The second-order valence-electron chi connectivity index (χ2n) is 5.32. The molecule has 0 aliphatic carbocycles. The van der Waals surface area contributed by atoms with E-state index in [1.54, 1.807) is 0 Å². The zero-order valence-corrected chi connectivity index (χ0v) is 10.7. The predicted octanol–water partition coefficient (Wildman–Crippen LogP) is 1.17. The Labute approximate surface area is 94.1 Å². The summed E-state index contributed by atoms with van der Waals surface area (Å²) >= 11 is 0. The molecule has 1 aliphatic rings. The van der Waals surface area contributed by atoms with Gasteiger partial charge in [-0.15, -0.1) is 0 Å². The van der Waals surface area contributed by atoms with Gasteiger partial charge < -0.3 is 5.11 Å². The molecule has 3 heteroatoms. The number of aliphatic hydroxyl groups excluding tert-OH is 1. The van der Waals surface area contributed by atoms with Crippen LogP contribution in [0.3, 0.4) is 0 Å². The van der Waals surface area contributed by atoms with E-state index in [9.17, 15) is 0 Å². The zero-order chi connectivity index (χ0) is 11.5. The van der Waals surface area contributed by atoms with E-state index in [0.717, 1.165) is 19.5 Å². The van der Waals surface area contributed by atoms with Crippen molar-refractivity contribution in [1.82, 2.24) is 9.80 Å². The lowest BCUT2D eigenvalue weighted by Crippen LogP contribution is -2.62. The molecule has 0 radical (unpaired) electrons. The average molecular weight is 214 g/mol. The van der Waals surface area contributed by atoms with Gasteiger partial charge in [-0.25, -0.2) is 0 Å². The normalized spacial score (nSPS) is 28.2. The van der Waals surface area contributed by atoms with Crippen LogP contribution in [0.2, 0.25) is 0 Å². The molecule has 0 spiro atoms. The third kappa shape index (κ3) is 3.16. The molecule has 0 amide bonds. The summed E-state index contributed by atoms with van der Waals surface area (Å²) in [5.74, 6) is 0. The summed E-state index contributed by atoms with van der Waals surface area (Å²) in [5.41, 5.74) is 0.229. The van der Waals surface area contributed by atoms with Crippen molar-refractivity contribution < 1.29 is 5.11 Å². The van der Waals surface area contributed by atoms with E-state index in [1.165, 1.54) is 13.0 Å². The second-order valence-corrected chi connectivity index (χ2v) is 5.32. The minimum atomic E-state index is 0.229. The van der Waals surface area contributed by atoms with Gasteiger partial charge in [-0.3, -0.25) is 9.80 Å². The monoisotopic (exact) mass is 214 g/mol. The van der Waals surface area contributed by atoms with Crippen molar-refractivity contribution in [3.05, 3.63) is 0 Å². The van der Waals surface area contributed by atoms with Gasteiger partial charge in [0, 0.05) is 31.3 Å². The standard InChI is InChI=1S/C12H26N2O/c1-5-7-14-9-11(6-8-15)13(4)12(2,3)10-14/h11,15H,5-10H2,1-4H3. The molecule has 0 bridgehead atoms. The molecule has 1 atom stereocenters. The highest BCUT2D eigenvalue weighted by Gasteiger charge is 2.36. The van der Waals surface area contributed by atoms with E-state index in [-0.39, 0.29) is 5.54 Å². The highest BCUT2D eigenvalue weighted by Crippen LogP contribution is 2.24. The number of rotatable bonds is 4. The molecule has 1 fully saturated rings. The lowest BCUT2D eigenvalue weighted by atomic mass is 9.94. The van der Waals surface area contributed by atoms with Crippen LogP contribution >= 0.6 is 0 Å². The van der Waals surface area contributed by atoms with Crippen molar-refractivity contribution in [2.24, 2.45) is 0 Å². The number of hydrogen-bond acceptors (Lipinski definition) is 3. The van der Waals surface area contributed by atoms with E-state index in [0.29, 0.717) is 12.6 Å². The lowest BCUT2D eigenvalue weighted by Gasteiger charge is -2.50. The average Bonchev–Trinajstić information content (AvgIpc) is 2.14. The highest BCUT2D eigenvalue weighted by molar-refractivity contribution is 4.93. The number of nitrogens with zero attached hydrogens (tertiary/aromatic N) is 2. The second kappa shape index (κ2) is 5.28. The van der Waals surface area contributed by atoms with Gasteiger partial charge in [0.25, 0.3) is 0 Å². The van der Waals surface area contributed by atoms with E-state index in [2.05, 4.69) is 37.6 Å². The van der Waals surface area contributed by atoms with E-state index in [1.807, 2.05) is 0 Å². The minimum Gasteiger partial charge on any atom is -0.396 e. The molecule has 0 aromatic heterocycles. The molecule has 1 aliphatic heterocycles. The Morgan fingerprint density at radius 2 is 2.07 bits per heavy atom. The van der Waals surface area contributed by atoms with Gasteiger partial charge >= 0.3 is 0 Å². The Hall–Kier alpha value is -0.120. The topological polar surface area (TPSA) is 26.7 Å². The molecule has 1 unspecified atom stereocenters. The fourth-order valence-corrected chi connectivity index (χ4v) is 2.56. The van der Waals surface area contributed by atoms with Crippen LogP contribution in [0, 0.1) is 0 Å². The van der Waals surface area contributed by atoms with Crippen molar-refractivity contribution >= 4 is 0 Å². The summed E-state index contributed by atoms with van der Waals surface area (Å²) in [6.07, 6.45) is 2.10. The summed E-state index contributed by atoms with van der Waals surface area (Å²) in [4.78, 5) is 4.95.